The molecule has 0 aliphatic carbocycles. The second kappa shape index (κ2) is 7.36. The Labute approximate surface area is 160 Å². The van der Waals surface area contributed by atoms with E-state index in [1.807, 2.05) is 18.2 Å². The zero-order chi connectivity index (χ0) is 18.8. The number of pyridine rings is 1. The van der Waals surface area contributed by atoms with Crippen molar-refractivity contribution in [1.82, 2.24) is 20.1 Å². The van der Waals surface area contributed by atoms with E-state index in [1.54, 1.807) is 17.3 Å². The quantitative estimate of drug-likeness (QED) is 0.751. The zero-order valence-electron chi connectivity index (χ0n) is 14.4. The lowest BCUT2D eigenvalue weighted by Gasteiger charge is -2.34. The molecule has 2 aromatic heterocycles. The van der Waals surface area contributed by atoms with Crippen LogP contribution in [0.5, 0.6) is 0 Å². The molecule has 27 heavy (non-hydrogen) atoms. The van der Waals surface area contributed by atoms with Crippen LogP contribution in [0.15, 0.2) is 48.8 Å². The topological polar surface area (TPSA) is 65.1 Å². The Morgan fingerprint density at radius 2 is 1.96 bits per heavy atom. The number of H-pyrrole nitrogens is 1. The van der Waals surface area contributed by atoms with Crippen LogP contribution in [0.25, 0.3) is 11.3 Å². The van der Waals surface area contributed by atoms with Crippen molar-refractivity contribution < 1.29 is 9.18 Å². The summed E-state index contributed by atoms with van der Waals surface area (Å²) in [6.07, 6.45) is 3.51. The van der Waals surface area contributed by atoms with Crippen LogP contribution in [0.4, 0.5) is 10.2 Å². The van der Waals surface area contributed by atoms with E-state index in [1.165, 1.54) is 18.2 Å². The molecule has 0 radical (unpaired) electrons. The summed E-state index contributed by atoms with van der Waals surface area (Å²) >= 11 is 5.78. The normalized spacial score (nSPS) is 14.4. The largest absolute Gasteiger partial charge is 0.352 e. The average molecular weight is 386 g/mol. The van der Waals surface area contributed by atoms with Gasteiger partial charge in [-0.05, 0) is 30.3 Å². The van der Waals surface area contributed by atoms with Crippen molar-refractivity contribution in [1.29, 1.82) is 0 Å². The third-order valence-electron chi connectivity index (χ3n) is 4.59. The van der Waals surface area contributed by atoms with Gasteiger partial charge in [0, 0.05) is 55.8 Å². The monoisotopic (exact) mass is 385 g/mol. The van der Waals surface area contributed by atoms with Gasteiger partial charge in [0.05, 0.1) is 10.7 Å². The van der Waals surface area contributed by atoms with E-state index in [2.05, 4.69) is 20.1 Å². The van der Waals surface area contributed by atoms with E-state index >= 15 is 0 Å². The molecule has 1 N–H and O–H groups in total. The second-order valence-electron chi connectivity index (χ2n) is 6.29. The molecule has 1 aliphatic rings. The first kappa shape index (κ1) is 17.5. The SMILES string of the molecule is O=C(c1ccc(F)c(Cl)c1)N1CCN(c2cc(-c3cccnc3)[nH]n2)CC1. The Bertz CT molecular complexity index is 954. The smallest absolute Gasteiger partial charge is 0.254 e. The number of carbonyl (C=O) groups excluding carboxylic acids is 1. The lowest BCUT2D eigenvalue weighted by molar-refractivity contribution is 0.0746. The fraction of sp³-hybridized carbons (Fsp3) is 0.211. The van der Waals surface area contributed by atoms with Gasteiger partial charge in [-0.1, -0.05) is 11.6 Å². The fourth-order valence-corrected chi connectivity index (χ4v) is 3.27. The molecule has 4 rings (SSSR count). The molecular formula is C19H17ClFN5O. The van der Waals surface area contributed by atoms with Gasteiger partial charge in [-0.3, -0.25) is 14.9 Å². The molecule has 3 aromatic rings. The minimum atomic E-state index is -0.527. The van der Waals surface area contributed by atoms with E-state index in [0.29, 0.717) is 31.7 Å². The highest BCUT2D eigenvalue weighted by molar-refractivity contribution is 6.31. The molecule has 8 heteroatoms. The van der Waals surface area contributed by atoms with Gasteiger partial charge >= 0.3 is 0 Å². The van der Waals surface area contributed by atoms with Crippen molar-refractivity contribution in [2.24, 2.45) is 0 Å². The first-order chi connectivity index (χ1) is 13.1. The predicted octanol–water partition coefficient (Wildman–Crippen LogP) is 3.23. The number of nitrogens with zero attached hydrogens (tertiary/aromatic N) is 4. The summed E-state index contributed by atoms with van der Waals surface area (Å²) in [5.41, 5.74) is 2.27. The van der Waals surface area contributed by atoms with Gasteiger partial charge in [0.15, 0.2) is 5.82 Å². The second-order valence-corrected chi connectivity index (χ2v) is 6.70. The minimum Gasteiger partial charge on any atom is -0.352 e. The van der Waals surface area contributed by atoms with Gasteiger partial charge in [-0.2, -0.15) is 5.10 Å². The third-order valence-corrected chi connectivity index (χ3v) is 4.88. The third kappa shape index (κ3) is 3.64. The Hall–Kier alpha value is -2.93. The highest BCUT2D eigenvalue weighted by atomic mass is 35.5. The van der Waals surface area contributed by atoms with Crippen LogP contribution in [0.1, 0.15) is 10.4 Å². The molecule has 1 fully saturated rings. The number of piperazine rings is 1. The summed E-state index contributed by atoms with van der Waals surface area (Å²) in [5.74, 6) is 0.168. The molecule has 6 nitrogen and oxygen atoms in total. The maximum absolute atomic E-state index is 13.3. The Morgan fingerprint density at radius 3 is 2.67 bits per heavy atom. The lowest BCUT2D eigenvalue weighted by Crippen LogP contribution is -2.49. The molecule has 3 heterocycles. The number of rotatable bonds is 3. The summed E-state index contributed by atoms with van der Waals surface area (Å²) in [4.78, 5) is 20.6. The lowest BCUT2D eigenvalue weighted by atomic mass is 10.1. The highest BCUT2D eigenvalue weighted by Gasteiger charge is 2.24. The number of hydrogen-bond acceptors (Lipinski definition) is 4. The number of nitrogens with one attached hydrogen (secondary N) is 1. The number of carbonyl (C=O) groups is 1. The maximum Gasteiger partial charge on any atom is 0.254 e. The van der Waals surface area contributed by atoms with Crippen LogP contribution in [0.3, 0.4) is 0 Å². The van der Waals surface area contributed by atoms with E-state index < -0.39 is 5.82 Å². The van der Waals surface area contributed by atoms with Gasteiger partial charge in [-0.15, -0.1) is 0 Å². The number of hydrogen-bond donors (Lipinski definition) is 1. The van der Waals surface area contributed by atoms with Crippen molar-refractivity contribution >= 4 is 23.3 Å². The van der Waals surface area contributed by atoms with Crippen LogP contribution in [-0.4, -0.2) is 52.2 Å². The number of anilines is 1. The molecule has 138 valence electrons. The molecule has 0 bridgehead atoms. The Kier molecular flexibility index (Phi) is 4.77. The Morgan fingerprint density at radius 1 is 1.15 bits per heavy atom. The minimum absolute atomic E-state index is 0.0426. The molecule has 1 amide bonds. The number of aromatic amines is 1. The zero-order valence-corrected chi connectivity index (χ0v) is 15.2. The van der Waals surface area contributed by atoms with Gasteiger partial charge in [0.2, 0.25) is 0 Å². The Balaban J connectivity index is 1.41. The molecule has 0 saturated carbocycles. The summed E-state index contributed by atoms with van der Waals surface area (Å²) in [6, 6.07) is 9.88. The van der Waals surface area contributed by atoms with Crippen molar-refractivity contribution in [2.75, 3.05) is 31.1 Å². The van der Waals surface area contributed by atoms with Gasteiger partial charge in [0.1, 0.15) is 5.82 Å². The molecule has 1 saturated heterocycles. The van der Waals surface area contributed by atoms with Gasteiger partial charge < -0.3 is 9.80 Å². The van der Waals surface area contributed by atoms with Crippen molar-refractivity contribution in [3.8, 4) is 11.3 Å². The van der Waals surface area contributed by atoms with Crippen molar-refractivity contribution in [3.05, 3.63) is 65.2 Å². The fourth-order valence-electron chi connectivity index (χ4n) is 3.09. The van der Waals surface area contributed by atoms with Gasteiger partial charge in [-0.25, -0.2) is 4.39 Å². The number of benzene rings is 1. The number of amides is 1. The molecule has 1 aromatic carbocycles. The van der Waals surface area contributed by atoms with Crippen LogP contribution >= 0.6 is 11.6 Å². The summed E-state index contributed by atoms with van der Waals surface area (Å²) in [6.45, 7) is 2.45. The predicted molar refractivity (Wildman–Crippen MR) is 101 cm³/mol. The summed E-state index contributed by atoms with van der Waals surface area (Å²) in [5, 5.41) is 7.36. The van der Waals surface area contributed by atoms with Crippen LogP contribution in [0.2, 0.25) is 5.02 Å². The number of aromatic nitrogens is 3. The average Bonchev–Trinajstić information content (AvgIpc) is 3.21. The highest BCUT2D eigenvalue weighted by Crippen LogP contribution is 2.23. The van der Waals surface area contributed by atoms with E-state index in [4.69, 9.17) is 11.6 Å². The number of halogens is 2. The summed E-state index contributed by atoms with van der Waals surface area (Å²) < 4.78 is 13.3. The van der Waals surface area contributed by atoms with Crippen molar-refractivity contribution in [2.45, 2.75) is 0 Å². The van der Waals surface area contributed by atoms with Crippen LogP contribution < -0.4 is 4.90 Å². The molecule has 1 aliphatic heterocycles. The van der Waals surface area contributed by atoms with Gasteiger partial charge in [0.25, 0.3) is 5.91 Å². The van der Waals surface area contributed by atoms with Crippen LogP contribution in [-0.2, 0) is 0 Å². The standard InChI is InChI=1S/C19H17ClFN5O/c20-15-10-13(3-4-16(15)21)19(27)26-8-6-25(7-9-26)18-11-17(23-24-18)14-2-1-5-22-12-14/h1-5,10-12H,6-9H2,(H,23,24). The summed E-state index contributed by atoms with van der Waals surface area (Å²) in [7, 11) is 0. The van der Waals surface area contributed by atoms with Crippen LogP contribution in [0, 0.1) is 5.82 Å². The van der Waals surface area contributed by atoms with E-state index in [0.717, 1.165) is 17.1 Å². The molecule has 0 unspecified atom stereocenters. The first-order valence-corrected chi connectivity index (χ1v) is 8.95. The maximum atomic E-state index is 13.3. The van der Waals surface area contributed by atoms with Crippen molar-refractivity contribution in [3.63, 3.8) is 0 Å². The van der Waals surface area contributed by atoms with E-state index in [9.17, 15) is 9.18 Å². The first-order valence-electron chi connectivity index (χ1n) is 8.57. The molecule has 0 atom stereocenters. The molecular weight excluding hydrogens is 369 g/mol. The van der Waals surface area contributed by atoms with E-state index in [-0.39, 0.29) is 10.9 Å². The molecule has 0 spiro atoms.